The summed E-state index contributed by atoms with van der Waals surface area (Å²) in [6.45, 7) is 4.19. The highest BCUT2D eigenvalue weighted by atomic mass is 16.5. The summed E-state index contributed by atoms with van der Waals surface area (Å²) in [5.41, 5.74) is 5.35. The SMILES string of the molecule is CC1=C(C(=O)OCCc2ccccc2)[C@H](c2ccc(C)cc2)C2C(=O)CCCC2=N1. The minimum Gasteiger partial charge on any atom is -0.462 e. The van der Waals surface area contributed by atoms with Crippen molar-refractivity contribution in [2.24, 2.45) is 10.9 Å². The van der Waals surface area contributed by atoms with Crippen LogP contribution in [0.2, 0.25) is 0 Å². The Kier molecular flexibility index (Phi) is 5.93. The lowest BCUT2D eigenvalue weighted by Gasteiger charge is -2.35. The summed E-state index contributed by atoms with van der Waals surface area (Å²) in [7, 11) is 0. The molecule has 2 atom stereocenters. The summed E-state index contributed by atoms with van der Waals surface area (Å²) in [4.78, 5) is 30.8. The van der Waals surface area contributed by atoms with Crippen LogP contribution >= 0.6 is 0 Å². The van der Waals surface area contributed by atoms with Gasteiger partial charge in [0.25, 0.3) is 0 Å². The maximum atomic E-state index is 13.2. The fraction of sp³-hybridized carbons (Fsp3) is 0.346. The number of ketones is 1. The predicted molar refractivity (Wildman–Crippen MR) is 118 cm³/mol. The topological polar surface area (TPSA) is 55.7 Å². The van der Waals surface area contributed by atoms with E-state index in [4.69, 9.17) is 9.73 Å². The van der Waals surface area contributed by atoms with Gasteiger partial charge in [0.05, 0.1) is 18.1 Å². The van der Waals surface area contributed by atoms with E-state index in [-0.39, 0.29) is 23.6 Å². The summed E-state index contributed by atoms with van der Waals surface area (Å²) < 4.78 is 5.67. The van der Waals surface area contributed by atoms with Gasteiger partial charge in [-0.25, -0.2) is 4.79 Å². The van der Waals surface area contributed by atoms with E-state index in [9.17, 15) is 9.59 Å². The van der Waals surface area contributed by atoms with Crippen LogP contribution in [0.3, 0.4) is 0 Å². The molecule has 0 amide bonds. The van der Waals surface area contributed by atoms with Crippen LogP contribution in [0.25, 0.3) is 0 Å². The van der Waals surface area contributed by atoms with E-state index >= 15 is 0 Å². The van der Waals surface area contributed by atoms with E-state index in [1.54, 1.807) is 0 Å². The average molecular weight is 402 g/mol. The van der Waals surface area contributed by atoms with Crippen molar-refractivity contribution in [3.8, 4) is 0 Å². The molecule has 2 aromatic rings. The molecule has 0 radical (unpaired) electrons. The molecule has 0 N–H and O–H groups in total. The Bertz CT molecular complexity index is 1000. The van der Waals surface area contributed by atoms with Crippen LogP contribution in [0, 0.1) is 12.8 Å². The van der Waals surface area contributed by atoms with Crippen molar-refractivity contribution >= 4 is 17.5 Å². The molecule has 4 rings (SSSR count). The standard InChI is InChI=1S/C26H27NO3/c1-17-11-13-20(14-12-17)24-23(18(2)27-21-9-6-10-22(28)25(21)24)26(29)30-16-15-19-7-4-3-5-8-19/h3-5,7-8,11-14,24-25H,6,9-10,15-16H2,1-2H3/t24-,25?/m0/s1. The highest BCUT2D eigenvalue weighted by molar-refractivity contribution is 6.11. The highest BCUT2D eigenvalue weighted by Gasteiger charge is 2.43. The Balaban J connectivity index is 1.63. The zero-order valence-corrected chi connectivity index (χ0v) is 17.6. The molecular weight excluding hydrogens is 374 g/mol. The van der Waals surface area contributed by atoms with E-state index in [0.29, 0.717) is 30.7 Å². The number of carbonyl (C=O) groups excluding carboxylic acids is 2. The molecule has 1 fully saturated rings. The lowest BCUT2D eigenvalue weighted by Crippen LogP contribution is -2.39. The van der Waals surface area contributed by atoms with E-state index in [2.05, 4.69) is 0 Å². The minimum atomic E-state index is -0.366. The lowest BCUT2D eigenvalue weighted by molar-refractivity contribution is -0.139. The smallest absolute Gasteiger partial charge is 0.336 e. The van der Waals surface area contributed by atoms with E-state index < -0.39 is 0 Å². The van der Waals surface area contributed by atoms with Crippen LogP contribution in [0.15, 0.2) is 70.9 Å². The van der Waals surface area contributed by atoms with Crippen molar-refractivity contribution in [1.82, 2.24) is 0 Å². The third-order valence-electron chi connectivity index (χ3n) is 6.03. The van der Waals surface area contributed by atoms with Crippen molar-refractivity contribution in [3.05, 3.63) is 82.6 Å². The number of carbonyl (C=O) groups is 2. The maximum absolute atomic E-state index is 13.2. The number of Topliss-reactive ketones (excluding diaryl/α,β-unsaturated/α-hetero) is 1. The van der Waals surface area contributed by atoms with Gasteiger partial charge in [0.2, 0.25) is 0 Å². The van der Waals surface area contributed by atoms with Crippen LogP contribution in [0.1, 0.15) is 48.8 Å². The zero-order valence-electron chi connectivity index (χ0n) is 17.6. The van der Waals surface area contributed by atoms with Crippen LogP contribution in [0.5, 0.6) is 0 Å². The quantitative estimate of drug-likeness (QED) is 0.665. The third-order valence-corrected chi connectivity index (χ3v) is 6.03. The number of fused-ring (bicyclic) bond motifs is 1. The van der Waals surface area contributed by atoms with Gasteiger partial charge in [-0.2, -0.15) is 0 Å². The predicted octanol–water partition coefficient (Wildman–Crippen LogP) is 4.96. The second kappa shape index (κ2) is 8.78. The van der Waals surface area contributed by atoms with Crippen molar-refractivity contribution in [1.29, 1.82) is 0 Å². The summed E-state index contributed by atoms with van der Waals surface area (Å²) in [5, 5.41) is 0. The lowest BCUT2D eigenvalue weighted by atomic mass is 9.69. The Hall–Kier alpha value is -3.01. The molecule has 1 saturated carbocycles. The molecule has 1 aliphatic carbocycles. The molecule has 1 heterocycles. The maximum Gasteiger partial charge on any atom is 0.336 e. The van der Waals surface area contributed by atoms with Crippen LogP contribution in [0.4, 0.5) is 0 Å². The largest absolute Gasteiger partial charge is 0.462 e. The first-order chi connectivity index (χ1) is 14.5. The number of aryl methyl sites for hydroxylation is 1. The molecule has 0 saturated heterocycles. The van der Waals surface area contributed by atoms with E-state index in [0.717, 1.165) is 35.2 Å². The third kappa shape index (κ3) is 4.13. The van der Waals surface area contributed by atoms with E-state index in [1.807, 2.05) is 68.4 Å². The van der Waals surface area contributed by atoms with Gasteiger partial charge in [-0.05, 0) is 37.8 Å². The number of nitrogens with zero attached hydrogens (tertiary/aromatic N) is 1. The first-order valence-corrected chi connectivity index (χ1v) is 10.6. The highest BCUT2D eigenvalue weighted by Crippen LogP contribution is 2.43. The number of hydrogen-bond acceptors (Lipinski definition) is 4. The van der Waals surface area contributed by atoms with Crippen molar-refractivity contribution in [2.75, 3.05) is 6.61 Å². The number of hydrogen-bond donors (Lipinski definition) is 0. The summed E-state index contributed by atoms with van der Waals surface area (Å²) in [6, 6.07) is 18.1. The first-order valence-electron chi connectivity index (χ1n) is 10.6. The molecule has 4 nitrogen and oxygen atoms in total. The average Bonchev–Trinajstić information content (AvgIpc) is 2.74. The molecule has 2 aliphatic rings. The van der Waals surface area contributed by atoms with Gasteiger partial charge in [0.1, 0.15) is 5.78 Å². The zero-order chi connectivity index (χ0) is 21.1. The molecule has 0 aromatic heterocycles. The molecule has 0 spiro atoms. The second-order valence-electron chi connectivity index (χ2n) is 8.16. The molecular formula is C26H27NO3. The van der Waals surface area contributed by atoms with Crippen LogP contribution in [-0.2, 0) is 20.7 Å². The summed E-state index contributed by atoms with van der Waals surface area (Å²) >= 11 is 0. The molecule has 30 heavy (non-hydrogen) atoms. The van der Waals surface area contributed by atoms with Gasteiger partial charge < -0.3 is 4.74 Å². The van der Waals surface area contributed by atoms with Gasteiger partial charge in [-0.1, -0.05) is 60.2 Å². The monoisotopic (exact) mass is 401 g/mol. The Morgan fingerprint density at radius 3 is 2.47 bits per heavy atom. The normalized spacial score (nSPS) is 21.1. The van der Waals surface area contributed by atoms with Crippen molar-refractivity contribution in [2.45, 2.75) is 45.4 Å². The van der Waals surface area contributed by atoms with Gasteiger partial charge in [0, 0.05) is 30.2 Å². The number of benzene rings is 2. The molecule has 1 aliphatic heterocycles. The first kappa shape index (κ1) is 20.3. The van der Waals surface area contributed by atoms with Crippen molar-refractivity contribution in [3.63, 3.8) is 0 Å². The number of ether oxygens (including phenoxy) is 1. The summed E-state index contributed by atoms with van der Waals surface area (Å²) in [5.74, 6) is -0.875. The summed E-state index contributed by atoms with van der Waals surface area (Å²) in [6.07, 6.45) is 2.85. The molecule has 2 aromatic carbocycles. The second-order valence-corrected chi connectivity index (χ2v) is 8.16. The van der Waals surface area contributed by atoms with Gasteiger partial charge in [-0.15, -0.1) is 0 Å². The molecule has 0 bridgehead atoms. The number of rotatable bonds is 5. The molecule has 1 unspecified atom stereocenters. The fourth-order valence-electron chi connectivity index (χ4n) is 4.50. The molecule has 154 valence electrons. The molecule has 4 heteroatoms. The van der Waals surface area contributed by atoms with Gasteiger partial charge >= 0.3 is 5.97 Å². The van der Waals surface area contributed by atoms with Crippen molar-refractivity contribution < 1.29 is 14.3 Å². The Morgan fingerprint density at radius 2 is 1.73 bits per heavy atom. The number of aliphatic imine (C=N–C) groups is 1. The number of allylic oxidation sites excluding steroid dienone is 1. The Morgan fingerprint density at radius 1 is 1.00 bits per heavy atom. The fourth-order valence-corrected chi connectivity index (χ4v) is 4.50. The minimum absolute atomic E-state index is 0.174. The number of esters is 1. The Labute approximate surface area is 177 Å². The van der Waals surface area contributed by atoms with E-state index in [1.165, 1.54) is 0 Å². The van der Waals surface area contributed by atoms with Gasteiger partial charge in [0.15, 0.2) is 0 Å². The van der Waals surface area contributed by atoms with Crippen LogP contribution in [-0.4, -0.2) is 24.1 Å². The van der Waals surface area contributed by atoms with Crippen LogP contribution < -0.4 is 0 Å². The van der Waals surface area contributed by atoms with Gasteiger partial charge in [-0.3, -0.25) is 9.79 Å².